The van der Waals surface area contributed by atoms with Crippen molar-refractivity contribution in [3.63, 3.8) is 0 Å². The van der Waals surface area contributed by atoms with Gasteiger partial charge in [0.05, 0.1) is 25.5 Å². The lowest BCUT2D eigenvalue weighted by Crippen LogP contribution is -2.57. The highest BCUT2D eigenvalue weighted by atomic mass is 16.7. The number of carbonyl (C=O) groups excluding carboxylic acids is 2. The third kappa shape index (κ3) is 5.91. The van der Waals surface area contributed by atoms with Gasteiger partial charge in [0.25, 0.3) is 0 Å². The van der Waals surface area contributed by atoms with Gasteiger partial charge in [0, 0.05) is 49.9 Å². The van der Waals surface area contributed by atoms with Gasteiger partial charge in [0.1, 0.15) is 5.54 Å². The Bertz CT molecular complexity index is 1370. The molecule has 3 aliphatic heterocycles. The summed E-state index contributed by atoms with van der Waals surface area (Å²) >= 11 is 0. The molecule has 3 atom stereocenters. The normalized spacial score (nSPS) is 24.0. The highest BCUT2D eigenvalue weighted by molar-refractivity contribution is 5.93. The van der Waals surface area contributed by atoms with Crippen LogP contribution in [0.25, 0.3) is 0 Å². The number of likely N-dealkylation sites (tertiary alicyclic amines) is 1. The fourth-order valence-electron chi connectivity index (χ4n) is 6.39. The van der Waals surface area contributed by atoms with E-state index >= 15 is 0 Å². The van der Waals surface area contributed by atoms with Crippen molar-refractivity contribution in [2.24, 2.45) is 0 Å². The number of hydrogen-bond acceptors (Lipinski definition) is 7. The Morgan fingerprint density at radius 2 is 1.67 bits per heavy atom. The molecule has 3 fully saturated rings. The zero-order valence-electron chi connectivity index (χ0n) is 23.9. The maximum absolute atomic E-state index is 13.1. The first-order valence-corrected chi connectivity index (χ1v) is 14.6. The Morgan fingerprint density at radius 3 is 2.33 bits per heavy atom. The van der Waals surface area contributed by atoms with Gasteiger partial charge in [-0.05, 0) is 48.2 Å². The second-order valence-electron chi connectivity index (χ2n) is 11.4. The third-order valence-electron chi connectivity index (χ3n) is 8.67. The minimum absolute atomic E-state index is 0.00299. The van der Waals surface area contributed by atoms with Crippen LogP contribution in [0.15, 0.2) is 78.9 Å². The Hall–Kier alpha value is -3.76. The van der Waals surface area contributed by atoms with E-state index in [0.717, 1.165) is 60.5 Å². The zero-order valence-corrected chi connectivity index (χ0v) is 23.9. The molecule has 0 aromatic heterocycles. The number of hydrogen-bond donors (Lipinski definition) is 3. The van der Waals surface area contributed by atoms with Gasteiger partial charge in [-0.3, -0.25) is 9.59 Å². The molecular formula is C33H38N4O5. The lowest BCUT2D eigenvalue weighted by Gasteiger charge is -2.45. The number of aliphatic hydroxyl groups is 1. The smallest absolute Gasteiger partial charge is 0.247 e. The molecule has 3 heterocycles. The fraction of sp³-hybridized carbons (Fsp3) is 0.394. The minimum atomic E-state index is -0.567. The van der Waals surface area contributed by atoms with Crippen LogP contribution in [0.1, 0.15) is 55.3 Å². The SMILES string of the molecule is CC(=O)Nc1ccc([C@H]2O[C@@H](CN3CCC4(CC3)C(=O)NCN4c3ccccc3)C[C@@H](c3ccc(CO)cc3)O2)cc1. The van der Waals surface area contributed by atoms with E-state index < -0.39 is 11.8 Å². The first-order chi connectivity index (χ1) is 20.4. The molecule has 3 aromatic carbocycles. The number of para-hydroxylation sites is 1. The van der Waals surface area contributed by atoms with Crippen molar-refractivity contribution >= 4 is 23.2 Å². The van der Waals surface area contributed by atoms with Gasteiger partial charge in [0.15, 0.2) is 6.29 Å². The summed E-state index contributed by atoms with van der Waals surface area (Å²) in [5, 5.41) is 15.4. The van der Waals surface area contributed by atoms with E-state index in [1.54, 1.807) is 0 Å². The molecule has 3 aromatic rings. The van der Waals surface area contributed by atoms with Crippen molar-refractivity contribution in [3.05, 3.63) is 95.6 Å². The predicted molar refractivity (Wildman–Crippen MR) is 160 cm³/mol. The van der Waals surface area contributed by atoms with E-state index in [-0.39, 0.29) is 30.6 Å². The molecule has 220 valence electrons. The maximum Gasteiger partial charge on any atom is 0.247 e. The molecule has 0 saturated carbocycles. The van der Waals surface area contributed by atoms with Crippen LogP contribution in [0.4, 0.5) is 11.4 Å². The number of amides is 2. The van der Waals surface area contributed by atoms with Crippen molar-refractivity contribution in [2.75, 3.05) is 36.5 Å². The van der Waals surface area contributed by atoms with Crippen LogP contribution in [-0.4, -0.2) is 59.8 Å². The fourth-order valence-corrected chi connectivity index (χ4v) is 6.39. The second-order valence-corrected chi connectivity index (χ2v) is 11.4. The molecule has 2 amide bonds. The molecule has 0 aliphatic carbocycles. The number of rotatable bonds is 7. The number of ether oxygens (including phenoxy) is 2. The van der Waals surface area contributed by atoms with Gasteiger partial charge in [-0.1, -0.05) is 54.6 Å². The van der Waals surface area contributed by atoms with Gasteiger partial charge < -0.3 is 35.0 Å². The van der Waals surface area contributed by atoms with E-state index in [1.807, 2.05) is 66.7 Å². The largest absolute Gasteiger partial charge is 0.392 e. The van der Waals surface area contributed by atoms with Gasteiger partial charge in [0.2, 0.25) is 11.8 Å². The van der Waals surface area contributed by atoms with Gasteiger partial charge in [-0.2, -0.15) is 0 Å². The summed E-state index contributed by atoms with van der Waals surface area (Å²) in [6.07, 6.45) is 1.36. The number of nitrogens with one attached hydrogen (secondary N) is 2. The predicted octanol–water partition coefficient (Wildman–Crippen LogP) is 4.11. The summed E-state index contributed by atoms with van der Waals surface area (Å²) < 4.78 is 13.0. The summed E-state index contributed by atoms with van der Waals surface area (Å²) in [6.45, 7) is 4.34. The lowest BCUT2D eigenvalue weighted by molar-refractivity contribution is -0.253. The highest BCUT2D eigenvalue weighted by Gasteiger charge is 2.50. The number of anilines is 2. The van der Waals surface area contributed by atoms with Crippen LogP contribution in [-0.2, 0) is 25.7 Å². The van der Waals surface area contributed by atoms with Crippen molar-refractivity contribution in [1.29, 1.82) is 0 Å². The first-order valence-electron chi connectivity index (χ1n) is 14.6. The van der Waals surface area contributed by atoms with Crippen molar-refractivity contribution in [2.45, 2.75) is 56.8 Å². The van der Waals surface area contributed by atoms with Crippen molar-refractivity contribution < 1.29 is 24.2 Å². The first kappa shape index (κ1) is 28.4. The molecule has 9 nitrogen and oxygen atoms in total. The molecule has 6 rings (SSSR count). The summed E-state index contributed by atoms with van der Waals surface area (Å²) in [5.41, 5.74) is 4.04. The summed E-state index contributed by atoms with van der Waals surface area (Å²) in [7, 11) is 0. The molecule has 3 aliphatic rings. The summed E-state index contributed by atoms with van der Waals surface area (Å²) in [6, 6.07) is 25.6. The molecule has 3 N–H and O–H groups in total. The average molecular weight is 571 g/mol. The number of nitrogens with zero attached hydrogens (tertiary/aromatic N) is 2. The lowest BCUT2D eigenvalue weighted by atomic mass is 9.85. The molecule has 0 unspecified atom stereocenters. The van der Waals surface area contributed by atoms with Crippen LogP contribution < -0.4 is 15.5 Å². The maximum atomic E-state index is 13.1. The van der Waals surface area contributed by atoms with Crippen LogP contribution in [0, 0.1) is 0 Å². The van der Waals surface area contributed by atoms with Gasteiger partial charge in [-0.25, -0.2) is 0 Å². The standard InChI is InChI=1S/C33H38N4O5/c1-23(39)35-27-13-11-26(12-14-27)31-41-29(19-30(42-31)25-9-7-24(21-38)8-10-25)20-36-17-15-33(16-18-36)32(40)34-22-37(33)28-5-3-2-4-6-28/h2-14,29-31,38H,15-22H2,1H3,(H,34,40)(H,35,39)/t29-,30+,31+/m1/s1. The number of benzene rings is 3. The molecule has 42 heavy (non-hydrogen) atoms. The average Bonchev–Trinajstić information content (AvgIpc) is 3.33. The monoisotopic (exact) mass is 570 g/mol. The van der Waals surface area contributed by atoms with E-state index in [1.165, 1.54) is 6.92 Å². The van der Waals surface area contributed by atoms with Crippen molar-refractivity contribution in [1.82, 2.24) is 10.2 Å². The summed E-state index contributed by atoms with van der Waals surface area (Å²) in [4.78, 5) is 29.2. The zero-order chi connectivity index (χ0) is 29.1. The topological polar surface area (TPSA) is 103 Å². The Labute approximate surface area is 246 Å². The number of piperidine rings is 1. The van der Waals surface area contributed by atoms with Crippen LogP contribution >= 0.6 is 0 Å². The Kier molecular flexibility index (Phi) is 8.26. The Morgan fingerprint density at radius 1 is 0.976 bits per heavy atom. The quantitative estimate of drug-likeness (QED) is 0.393. The number of aliphatic hydroxyl groups excluding tert-OH is 1. The number of carbonyl (C=O) groups is 2. The highest BCUT2D eigenvalue weighted by Crippen LogP contribution is 2.40. The van der Waals surface area contributed by atoms with Gasteiger partial charge in [-0.15, -0.1) is 0 Å². The van der Waals surface area contributed by atoms with E-state index in [4.69, 9.17) is 9.47 Å². The molecule has 9 heteroatoms. The molecule has 3 saturated heterocycles. The van der Waals surface area contributed by atoms with E-state index in [0.29, 0.717) is 13.1 Å². The van der Waals surface area contributed by atoms with Crippen LogP contribution in [0.5, 0.6) is 0 Å². The third-order valence-corrected chi connectivity index (χ3v) is 8.67. The molecule has 0 bridgehead atoms. The van der Waals surface area contributed by atoms with E-state index in [2.05, 4.69) is 32.6 Å². The van der Waals surface area contributed by atoms with E-state index in [9.17, 15) is 14.7 Å². The summed E-state index contributed by atoms with van der Waals surface area (Å²) in [5.74, 6) is -0.00728. The van der Waals surface area contributed by atoms with Crippen molar-refractivity contribution in [3.8, 4) is 0 Å². The Balaban J connectivity index is 1.17. The second kappa shape index (κ2) is 12.2. The van der Waals surface area contributed by atoms with Gasteiger partial charge >= 0.3 is 0 Å². The van der Waals surface area contributed by atoms with Crippen LogP contribution in [0.2, 0.25) is 0 Å². The minimum Gasteiger partial charge on any atom is -0.392 e. The molecule has 1 spiro atoms. The molecule has 0 radical (unpaired) electrons. The van der Waals surface area contributed by atoms with Crippen LogP contribution in [0.3, 0.4) is 0 Å². The molecular weight excluding hydrogens is 532 g/mol.